The van der Waals surface area contributed by atoms with Crippen LogP contribution in [0.3, 0.4) is 0 Å². The van der Waals surface area contributed by atoms with Crippen LogP contribution in [0.4, 0.5) is 5.69 Å². The summed E-state index contributed by atoms with van der Waals surface area (Å²) < 4.78 is 4.79. The number of hydrogen-bond donors (Lipinski definition) is 0. The van der Waals surface area contributed by atoms with E-state index < -0.39 is 0 Å². The van der Waals surface area contributed by atoms with E-state index in [0.717, 1.165) is 25.9 Å². The summed E-state index contributed by atoms with van der Waals surface area (Å²) in [5.74, 6) is 0.0231. The summed E-state index contributed by atoms with van der Waals surface area (Å²) in [5, 5.41) is 0. The van der Waals surface area contributed by atoms with E-state index in [9.17, 15) is 4.79 Å². The molecule has 0 amide bonds. The van der Waals surface area contributed by atoms with Gasteiger partial charge in [0.25, 0.3) is 0 Å². The van der Waals surface area contributed by atoms with E-state index in [4.69, 9.17) is 4.74 Å². The van der Waals surface area contributed by atoms with Gasteiger partial charge >= 0.3 is 5.97 Å². The van der Waals surface area contributed by atoms with Crippen molar-refractivity contribution >= 4 is 11.7 Å². The van der Waals surface area contributed by atoms with Crippen LogP contribution in [0, 0.1) is 12.8 Å². The molecule has 2 rings (SSSR count). The number of benzene rings is 1. The SMILES string of the molecule is COC(=O)C1CCN(c2cccc(C)c2)CC1. The summed E-state index contributed by atoms with van der Waals surface area (Å²) in [6, 6.07) is 8.51. The van der Waals surface area contributed by atoms with Gasteiger partial charge in [0.05, 0.1) is 13.0 Å². The van der Waals surface area contributed by atoms with E-state index in [0.29, 0.717) is 0 Å². The Bertz CT molecular complexity index is 395. The molecule has 1 aliphatic heterocycles. The third-order valence-electron chi connectivity index (χ3n) is 3.40. The molecule has 1 aromatic rings. The second-order valence-electron chi connectivity index (χ2n) is 4.62. The maximum absolute atomic E-state index is 11.4. The Morgan fingerprint density at radius 3 is 2.65 bits per heavy atom. The third kappa shape index (κ3) is 2.78. The van der Waals surface area contributed by atoms with E-state index in [1.54, 1.807) is 0 Å². The largest absolute Gasteiger partial charge is 0.469 e. The van der Waals surface area contributed by atoms with E-state index in [1.807, 2.05) is 0 Å². The number of piperidine rings is 1. The number of aryl methyl sites for hydroxylation is 1. The van der Waals surface area contributed by atoms with Crippen molar-refractivity contribution in [1.29, 1.82) is 0 Å². The highest BCUT2D eigenvalue weighted by Gasteiger charge is 2.25. The van der Waals surface area contributed by atoms with Gasteiger partial charge in [0.2, 0.25) is 0 Å². The second kappa shape index (κ2) is 5.21. The average molecular weight is 233 g/mol. The van der Waals surface area contributed by atoms with Crippen LogP contribution in [0.1, 0.15) is 18.4 Å². The van der Waals surface area contributed by atoms with Crippen molar-refractivity contribution in [3.8, 4) is 0 Å². The molecule has 1 aliphatic rings. The van der Waals surface area contributed by atoms with Gasteiger partial charge in [0.15, 0.2) is 0 Å². The lowest BCUT2D eigenvalue weighted by Gasteiger charge is -2.32. The summed E-state index contributed by atoms with van der Waals surface area (Å²) in [7, 11) is 1.47. The minimum Gasteiger partial charge on any atom is -0.469 e. The molecule has 0 N–H and O–H groups in total. The third-order valence-corrected chi connectivity index (χ3v) is 3.40. The minimum atomic E-state index is -0.0612. The molecule has 92 valence electrons. The fourth-order valence-corrected chi connectivity index (χ4v) is 2.36. The number of ether oxygens (including phenoxy) is 1. The number of esters is 1. The number of hydrogen-bond acceptors (Lipinski definition) is 3. The van der Waals surface area contributed by atoms with Crippen molar-refractivity contribution in [1.82, 2.24) is 0 Å². The number of methoxy groups -OCH3 is 1. The quantitative estimate of drug-likeness (QED) is 0.734. The Kier molecular flexibility index (Phi) is 3.67. The summed E-state index contributed by atoms with van der Waals surface area (Å²) in [4.78, 5) is 13.8. The van der Waals surface area contributed by atoms with Crippen LogP contribution in [0.25, 0.3) is 0 Å². The molecule has 0 bridgehead atoms. The van der Waals surface area contributed by atoms with Crippen molar-refractivity contribution in [3.63, 3.8) is 0 Å². The zero-order valence-corrected chi connectivity index (χ0v) is 10.5. The van der Waals surface area contributed by atoms with Gasteiger partial charge in [-0.25, -0.2) is 0 Å². The molecular formula is C14H19NO2. The van der Waals surface area contributed by atoms with Gasteiger partial charge in [-0.3, -0.25) is 4.79 Å². The maximum Gasteiger partial charge on any atom is 0.308 e. The molecule has 1 heterocycles. The Balaban J connectivity index is 1.97. The molecule has 3 nitrogen and oxygen atoms in total. The van der Waals surface area contributed by atoms with Crippen molar-refractivity contribution < 1.29 is 9.53 Å². The van der Waals surface area contributed by atoms with Gasteiger partial charge in [-0.1, -0.05) is 12.1 Å². The molecule has 0 radical (unpaired) electrons. The molecule has 0 saturated carbocycles. The summed E-state index contributed by atoms with van der Waals surface area (Å²) >= 11 is 0. The highest BCUT2D eigenvalue weighted by Crippen LogP contribution is 2.24. The first-order valence-corrected chi connectivity index (χ1v) is 6.10. The number of anilines is 1. The molecule has 0 spiro atoms. The lowest BCUT2D eigenvalue weighted by Crippen LogP contribution is -2.36. The van der Waals surface area contributed by atoms with Gasteiger partial charge in [0.1, 0.15) is 0 Å². The van der Waals surface area contributed by atoms with E-state index in [2.05, 4.69) is 36.1 Å². The zero-order valence-electron chi connectivity index (χ0n) is 10.5. The molecule has 17 heavy (non-hydrogen) atoms. The molecule has 0 atom stereocenters. The Morgan fingerprint density at radius 1 is 1.35 bits per heavy atom. The summed E-state index contributed by atoms with van der Waals surface area (Å²) in [6.07, 6.45) is 1.78. The Labute approximate surface area is 102 Å². The smallest absolute Gasteiger partial charge is 0.308 e. The van der Waals surface area contributed by atoms with Gasteiger partial charge in [0, 0.05) is 18.8 Å². The fourth-order valence-electron chi connectivity index (χ4n) is 2.36. The number of carbonyl (C=O) groups excluding carboxylic acids is 1. The number of carbonyl (C=O) groups is 1. The van der Waals surface area contributed by atoms with Crippen molar-refractivity contribution in [3.05, 3.63) is 29.8 Å². The first-order valence-electron chi connectivity index (χ1n) is 6.10. The molecule has 1 saturated heterocycles. The van der Waals surface area contributed by atoms with Crippen molar-refractivity contribution in [2.45, 2.75) is 19.8 Å². The Morgan fingerprint density at radius 2 is 2.06 bits per heavy atom. The van der Waals surface area contributed by atoms with Crippen LogP contribution < -0.4 is 4.90 Å². The van der Waals surface area contributed by atoms with Gasteiger partial charge in [-0.15, -0.1) is 0 Å². The normalized spacial score (nSPS) is 16.9. The molecule has 1 fully saturated rings. The molecule has 3 heteroatoms. The van der Waals surface area contributed by atoms with Crippen molar-refractivity contribution in [2.75, 3.05) is 25.1 Å². The van der Waals surface area contributed by atoms with Crippen LogP contribution in [0.5, 0.6) is 0 Å². The predicted molar refractivity (Wildman–Crippen MR) is 68.1 cm³/mol. The lowest BCUT2D eigenvalue weighted by molar-refractivity contribution is -0.146. The first-order chi connectivity index (χ1) is 8.20. The van der Waals surface area contributed by atoms with E-state index >= 15 is 0 Å². The van der Waals surface area contributed by atoms with Crippen LogP contribution >= 0.6 is 0 Å². The summed E-state index contributed by atoms with van der Waals surface area (Å²) in [6.45, 7) is 3.97. The molecular weight excluding hydrogens is 214 g/mol. The Hall–Kier alpha value is -1.51. The minimum absolute atomic E-state index is 0.0612. The molecule has 1 aromatic carbocycles. The lowest BCUT2D eigenvalue weighted by atomic mass is 9.96. The van der Waals surface area contributed by atoms with Crippen LogP contribution in [-0.4, -0.2) is 26.2 Å². The predicted octanol–water partition coefficient (Wildman–Crippen LogP) is 2.38. The van der Waals surface area contributed by atoms with Crippen LogP contribution in [-0.2, 0) is 9.53 Å². The number of nitrogens with zero attached hydrogens (tertiary/aromatic N) is 1. The first kappa shape index (κ1) is 12.0. The molecule has 0 unspecified atom stereocenters. The van der Waals surface area contributed by atoms with Gasteiger partial charge < -0.3 is 9.64 Å². The maximum atomic E-state index is 11.4. The molecule has 0 aromatic heterocycles. The van der Waals surface area contributed by atoms with Crippen LogP contribution in [0.2, 0.25) is 0 Å². The summed E-state index contributed by atoms with van der Waals surface area (Å²) in [5.41, 5.74) is 2.53. The van der Waals surface area contributed by atoms with Crippen molar-refractivity contribution in [2.24, 2.45) is 5.92 Å². The highest BCUT2D eigenvalue weighted by atomic mass is 16.5. The van der Waals surface area contributed by atoms with Gasteiger partial charge in [-0.2, -0.15) is 0 Å². The van der Waals surface area contributed by atoms with E-state index in [1.165, 1.54) is 18.4 Å². The van der Waals surface area contributed by atoms with E-state index in [-0.39, 0.29) is 11.9 Å². The zero-order chi connectivity index (χ0) is 12.3. The second-order valence-corrected chi connectivity index (χ2v) is 4.62. The topological polar surface area (TPSA) is 29.5 Å². The van der Waals surface area contributed by atoms with Gasteiger partial charge in [-0.05, 0) is 37.5 Å². The monoisotopic (exact) mass is 233 g/mol. The highest BCUT2D eigenvalue weighted by molar-refractivity contribution is 5.72. The molecule has 0 aliphatic carbocycles. The van der Waals surface area contributed by atoms with Crippen LogP contribution in [0.15, 0.2) is 24.3 Å². The average Bonchev–Trinajstić information content (AvgIpc) is 2.38. The number of rotatable bonds is 2. The standard InChI is InChI=1S/C14H19NO2/c1-11-4-3-5-13(10-11)15-8-6-12(7-9-15)14(16)17-2/h3-5,10,12H,6-9H2,1-2H3. The fraction of sp³-hybridized carbons (Fsp3) is 0.500.